The standard InChI is InChI=1S/C27H25NO4/c1-31-24-14-8-13-23(19-24)25(32-27(30)18-16-22-11-6-3-7-12-22)20-28-26(29)17-15-21-9-4-2-5-10-21/h2-19,25H,20H2,1H3,(H,28,29)/t25-/m1/s1. The molecule has 1 amide bonds. The van der Waals surface area contributed by atoms with Gasteiger partial charge in [0.1, 0.15) is 11.9 Å². The Kier molecular flexibility index (Phi) is 8.40. The second-order valence-electron chi connectivity index (χ2n) is 6.94. The number of nitrogens with one attached hydrogen (secondary N) is 1. The van der Waals surface area contributed by atoms with Crippen LogP contribution in [0.4, 0.5) is 0 Å². The van der Waals surface area contributed by atoms with Gasteiger partial charge in [0, 0.05) is 12.2 Å². The fourth-order valence-corrected chi connectivity index (χ4v) is 2.97. The Labute approximate surface area is 188 Å². The second kappa shape index (κ2) is 11.9. The van der Waals surface area contributed by atoms with Crippen LogP contribution in [0.5, 0.6) is 5.75 Å². The van der Waals surface area contributed by atoms with Crippen LogP contribution in [0.15, 0.2) is 97.1 Å². The van der Waals surface area contributed by atoms with Crippen molar-refractivity contribution in [3.05, 3.63) is 114 Å². The molecule has 0 aromatic heterocycles. The molecule has 0 bridgehead atoms. The van der Waals surface area contributed by atoms with E-state index in [0.717, 1.165) is 16.7 Å². The van der Waals surface area contributed by atoms with Crippen molar-refractivity contribution in [2.24, 2.45) is 0 Å². The highest BCUT2D eigenvalue weighted by molar-refractivity contribution is 5.91. The minimum absolute atomic E-state index is 0.121. The third kappa shape index (κ3) is 7.29. The van der Waals surface area contributed by atoms with Gasteiger partial charge in [-0.15, -0.1) is 0 Å². The monoisotopic (exact) mass is 427 g/mol. The Morgan fingerprint density at radius 1 is 0.844 bits per heavy atom. The molecule has 0 spiro atoms. The SMILES string of the molecule is COc1cccc([C@@H](CNC(=O)C=Cc2ccccc2)OC(=O)C=Cc2ccccc2)c1. The van der Waals surface area contributed by atoms with Gasteiger partial charge < -0.3 is 14.8 Å². The summed E-state index contributed by atoms with van der Waals surface area (Å²) in [5.74, 6) is -0.146. The van der Waals surface area contributed by atoms with E-state index in [4.69, 9.17) is 9.47 Å². The fourth-order valence-electron chi connectivity index (χ4n) is 2.97. The first kappa shape index (κ1) is 22.6. The zero-order chi connectivity index (χ0) is 22.6. The Hall–Kier alpha value is -4.12. The van der Waals surface area contributed by atoms with Crippen molar-refractivity contribution in [2.45, 2.75) is 6.10 Å². The van der Waals surface area contributed by atoms with E-state index in [1.165, 1.54) is 12.2 Å². The summed E-state index contributed by atoms with van der Waals surface area (Å²) < 4.78 is 10.9. The maximum Gasteiger partial charge on any atom is 0.331 e. The molecule has 162 valence electrons. The van der Waals surface area contributed by atoms with Crippen LogP contribution in [0, 0.1) is 0 Å². The predicted octanol–water partition coefficient (Wildman–Crippen LogP) is 4.82. The van der Waals surface area contributed by atoms with Crippen molar-refractivity contribution in [2.75, 3.05) is 13.7 Å². The quantitative estimate of drug-likeness (QED) is 0.393. The number of carbonyl (C=O) groups is 2. The normalized spacial score (nSPS) is 11.9. The molecule has 0 aliphatic rings. The van der Waals surface area contributed by atoms with Gasteiger partial charge in [-0.3, -0.25) is 4.79 Å². The van der Waals surface area contributed by atoms with Crippen LogP contribution >= 0.6 is 0 Å². The maximum absolute atomic E-state index is 12.4. The van der Waals surface area contributed by atoms with Crippen LogP contribution in [-0.2, 0) is 14.3 Å². The van der Waals surface area contributed by atoms with Crippen LogP contribution in [0.3, 0.4) is 0 Å². The second-order valence-corrected chi connectivity index (χ2v) is 6.94. The minimum Gasteiger partial charge on any atom is -0.497 e. The molecule has 5 heteroatoms. The third-order valence-corrected chi connectivity index (χ3v) is 4.62. The van der Waals surface area contributed by atoms with E-state index in [0.29, 0.717) is 5.75 Å². The Morgan fingerprint density at radius 2 is 1.47 bits per heavy atom. The number of carbonyl (C=O) groups excluding carboxylic acids is 2. The molecule has 3 aromatic carbocycles. The van der Waals surface area contributed by atoms with Gasteiger partial charge in [0.05, 0.1) is 13.7 Å². The van der Waals surface area contributed by atoms with Crippen molar-refractivity contribution >= 4 is 24.0 Å². The summed E-state index contributed by atoms with van der Waals surface area (Å²) in [5.41, 5.74) is 2.53. The van der Waals surface area contributed by atoms with Crippen LogP contribution in [0.25, 0.3) is 12.2 Å². The highest BCUT2D eigenvalue weighted by atomic mass is 16.5. The molecule has 0 fully saturated rings. The molecule has 3 aromatic rings. The molecular weight excluding hydrogens is 402 g/mol. The number of methoxy groups -OCH3 is 1. The van der Waals surface area contributed by atoms with Crippen molar-refractivity contribution in [3.63, 3.8) is 0 Å². The molecule has 1 atom stereocenters. The number of esters is 1. The van der Waals surface area contributed by atoms with E-state index in [2.05, 4.69) is 5.32 Å². The molecule has 0 aliphatic carbocycles. The van der Waals surface area contributed by atoms with Crippen LogP contribution in [0.2, 0.25) is 0 Å². The van der Waals surface area contributed by atoms with Crippen molar-refractivity contribution in [1.29, 1.82) is 0 Å². The number of hydrogen-bond donors (Lipinski definition) is 1. The molecule has 0 saturated heterocycles. The largest absolute Gasteiger partial charge is 0.497 e. The Bertz CT molecular complexity index is 1080. The number of rotatable bonds is 9. The molecule has 0 aliphatic heterocycles. The van der Waals surface area contributed by atoms with Gasteiger partial charge in [-0.1, -0.05) is 72.8 Å². The molecular formula is C27H25NO4. The van der Waals surface area contributed by atoms with E-state index in [1.807, 2.05) is 72.8 Å². The zero-order valence-electron chi connectivity index (χ0n) is 17.8. The van der Waals surface area contributed by atoms with Crippen molar-refractivity contribution in [1.82, 2.24) is 5.32 Å². The Balaban J connectivity index is 1.67. The summed E-state index contributed by atoms with van der Waals surface area (Å²) in [5, 5.41) is 2.80. The first-order valence-corrected chi connectivity index (χ1v) is 10.2. The topological polar surface area (TPSA) is 64.6 Å². The average molecular weight is 428 g/mol. The molecule has 1 N–H and O–H groups in total. The van der Waals surface area contributed by atoms with Gasteiger partial charge in [0.2, 0.25) is 5.91 Å². The Morgan fingerprint density at radius 3 is 2.09 bits per heavy atom. The van der Waals surface area contributed by atoms with Crippen LogP contribution in [0.1, 0.15) is 22.8 Å². The first-order chi connectivity index (χ1) is 15.6. The number of benzene rings is 3. The molecule has 0 saturated carbocycles. The number of amides is 1. The van der Waals surface area contributed by atoms with Crippen molar-refractivity contribution < 1.29 is 19.1 Å². The summed E-state index contributed by atoms with van der Waals surface area (Å²) in [6.45, 7) is 0.121. The molecule has 0 unspecified atom stereocenters. The number of hydrogen-bond acceptors (Lipinski definition) is 4. The molecule has 0 heterocycles. The van der Waals surface area contributed by atoms with Crippen molar-refractivity contribution in [3.8, 4) is 5.75 Å². The summed E-state index contributed by atoms with van der Waals surface area (Å²) in [4.78, 5) is 24.7. The average Bonchev–Trinajstić information content (AvgIpc) is 2.85. The van der Waals surface area contributed by atoms with E-state index in [1.54, 1.807) is 31.4 Å². The lowest BCUT2D eigenvalue weighted by Gasteiger charge is -2.18. The lowest BCUT2D eigenvalue weighted by molar-refractivity contribution is -0.143. The lowest BCUT2D eigenvalue weighted by atomic mass is 10.1. The molecule has 5 nitrogen and oxygen atoms in total. The van der Waals surface area contributed by atoms with Gasteiger partial charge in [0.15, 0.2) is 0 Å². The lowest BCUT2D eigenvalue weighted by Crippen LogP contribution is -2.29. The van der Waals surface area contributed by atoms with E-state index in [9.17, 15) is 9.59 Å². The maximum atomic E-state index is 12.4. The highest BCUT2D eigenvalue weighted by Crippen LogP contribution is 2.22. The van der Waals surface area contributed by atoms with Crippen LogP contribution in [-0.4, -0.2) is 25.5 Å². The number of ether oxygens (including phenoxy) is 2. The van der Waals surface area contributed by atoms with E-state index >= 15 is 0 Å². The first-order valence-electron chi connectivity index (χ1n) is 10.2. The zero-order valence-corrected chi connectivity index (χ0v) is 17.8. The molecule has 3 rings (SSSR count). The highest BCUT2D eigenvalue weighted by Gasteiger charge is 2.17. The fraction of sp³-hybridized carbons (Fsp3) is 0.111. The minimum atomic E-state index is -0.674. The molecule has 32 heavy (non-hydrogen) atoms. The molecule has 0 radical (unpaired) electrons. The van der Waals surface area contributed by atoms with Gasteiger partial charge in [-0.05, 0) is 41.0 Å². The van der Waals surface area contributed by atoms with E-state index < -0.39 is 12.1 Å². The third-order valence-electron chi connectivity index (χ3n) is 4.62. The summed E-state index contributed by atoms with van der Waals surface area (Å²) in [6, 6.07) is 26.2. The smallest absolute Gasteiger partial charge is 0.331 e. The summed E-state index contributed by atoms with van der Waals surface area (Å²) in [7, 11) is 1.57. The van der Waals surface area contributed by atoms with E-state index in [-0.39, 0.29) is 12.5 Å². The van der Waals surface area contributed by atoms with Gasteiger partial charge in [-0.25, -0.2) is 4.79 Å². The van der Waals surface area contributed by atoms with Gasteiger partial charge in [0.25, 0.3) is 0 Å². The van der Waals surface area contributed by atoms with Gasteiger partial charge >= 0.3 is 5.97 Å². The summed E-state index contributed by atoms with van der Waals surface area (Å²) >= 11 is 0. The predicted molar refractivity (Wildman–Crippen MR) is 126 cm³/mol. The van der Waals surface area contributed by atoms with Crippen LogP contribution < -0.4 is 10.1 Å². The van der Waals surface area contributed by atoms with Gasteiger partial charge in [-0.2, -0.15) is 0 Å². The summed E-state index contributed by atoms with van der Waals surface area (Å²) in [6.07, 6.45) is 5.57.